The van der Waals surface area contributed by atoms with E-state index in [1.165, 1.54) is 0 Å². The molecule has 6 nitrogen and oxygen atoms in total. The summed E-state index contributed by atoms with van der Waals surface area (Å²) in [6.07, 6.45) is 0. The first kappa shape index (κ1) is 17.2. The number of hydrogen-bond acceptors (Lipinski definition) is 5. The standard InChI is InChI=1S/C15H28N6S/c1-12-18-13(11-22-12)9-21(5)15(16-2)17-8-14-10-19(3)6-7-20(14)4/h11,14H,6-10H2,1-5H3,(H,16,17). The monoisotopic (exact) mass is 324 g/mol. The van der Waals surface area contributed by atoms with Gasteiger partial charge in [-0.05, 0) is 21.0 Å². The molecule has 0 aromatic carbocycles. The molecule has 1 aliphatic rings. The maximum absolute atomic E-state index is 4.52. The van der Waals surface area contributed by atoms with Crippen molar-refractivity contribution < 1.29 is 0 Å². The maximum atomic E-state index is 4.52. The quantitative estimate of drug-likeness (QED) is 0.653. The summed E-state index contributed by atoms with van der Waals surface area (Å²) in [6.45, 7) is 7.09. The lowest BCUT2D eigenvalue weighted by Gasteiger charge is -2.38. The average molecular weight is 324 g/mol. The fraction of sp³-hybridized carbons (Fsp3) is 0.733. The summed E-state index contributed by atoms with van der Waals surface area (Å²) in [4.78, 5) is 15.8. The Morgan fingerprint density at radius 3 is 2.91 bits per heavy atom. The van der Waals surface area contributed by atoms with Crippen LogP contribution in [-0.2, 0) is 6.54 Å². The molecule has 1 saturated heterocycles. The third-order valence-electron chi connectivity index (χ3n) is 4.12. The molecule has 1 N–H and O–H groups in total. The van der Waals surface area contributed by atoms with Crippen LogP contribution in [0.5, 0.6) is 0 Å². The van der Waals surface area contributed by atoms with E-state index in [9.17, 15) is 0 Å². The van der Waals surface area contributed by atoms with Gasteiger partial charge in [0.1, 0.15) is 0 Å². The van der Waals surface area contributed by atoms with Gasteiger partial charge in [-0.2, -0.15) is 0 Å². The summed E-state index contributed by atoms with van der Waals surface area (Å²) in [5.41, 5.74) is 1.10. The van der Waals surface area contributed by atoms with Crippen LogP contribution in [0.2, 0.25) is 0 Å². The minimum atomic E-state index is 0.519. The Bertz CT molecular complexity index is 500. The van der Waals surface area contributed by atoms with E-state index < -0.39 is 0 Å². The number of aliphatic imine (C=N–C) groups is 1. The first-order valence-corrected chi connectivity index (χ1v) is 8.59. The molecule has 1 fully saturated rings. The largest absolute Gasteiger partial charge is 0.355 e. The van der Waals surface area contributed by atoms with Crippen molar-refractivity contribution in [1.82, 2.24) is 25.0 Å². The highest BCUT2D eigenvalue weighted by atomic mass is 32.1. The summed E-state index contributed by atoms with van der Waals surface area (Å²) in [5.74, 6) is 0.923. The van der Waals surface area contributed by atoms with Gasteiger partial charge in [-0.1, -0.05) is 0 Å². The van der Waals surface area contributed by atoms with Gasteiger partial charge in [0, 0.05) is 51.7 Å². The Morgan fingerprint density at radius 2 is 2.27 bits per heavy atom. The number of piperazine rings is 1. The van der Waals surface area contributed by atoms with Gasteiger partial charge >= 0.3 is 0 Å². The summed E-state index contributed by atoms with van der Waals surface area (Å²) in [7, 11) is 8.28. The first-order chi connectivity index (χ1) is 10.5. The van der Waals surface area contributed by atoms with Gasteiger partial charge in [0.25, 0.3) is 0 Å². The maximum Gasteiger partial charge on any atom is 0.193 e. The van der Waals surface area contributed by atoms with Crippen LogP contribution in [0.1, 0.15) is 10.7 Å². The van der Waals surface area contributed by atoms with Gasteiger partial charge in [-0.3, -0.25) is 9.89 Å². The fourth-order valence-electron chi connectivity index (χ4n) is 2.71. The third-order valence-corrected chi connectivity index (χ3v) is 4.94. The van der Waals surface area contributed by atoms with Crippen molar-refractivity contribution in [3.05, 3.63) is 16.1 Å². The second-order valence-electron chi connectivity index (χ2n) is 6.04. The van der Waals surface area contributed by atoms with Crippen LogP contribution in [0, 0.1) is 6.92 Å². The Balaban J connectivity index is 1.86. The molecule has 0 aliphatic carbocycles. The molecule has 2 rings (SSSR count). The van der Waals surface area contributed by atoms with Crippen LogP contribution in [0.15, 0.2) is 10.4 Å². The van der Waals surface area contributed by atoms with Crippen molar-refractivity contribution in [1.29, 1.82) is 0 Å². The molecule has 0 spiro atoms. The third kappa shape index (κ3) is 4.66. The number of nitrogens with zero attached hydrogens (tertiary/aromatic N) is 5. The zero-order valence-corrected chi connectivity index (χ0v) is 15.2. The van der Waals surface area contributed by atoms with Crippen LogP contribution < -0.4 is 5.32 Å². The Hall–Kier alpha value is -1.18. The van der Waals surface area contributed by atoms with E-state index in [4.69, 9.17) is 0 Å². The number of aryl methyl sites for hydroxylation is 1. The highest BCUT2D eigenvalue weighted by Crippen LogP contribution is 2.10. The smallest absolute Gasteiger partial charge is 0.193 e. The fourth-order valence-corrected chi connectivity index (χ4v) is 3.32. The second-order valence-corrected chi connectivity index (χ2v) is 7.10. The van der Waals surface area contributed by atoms with Crippen molar-refractivity contribution in [3.8, 4) is 0 Å². The predicted molar refractivity (Wildman–Crippen MR) is 93.6 cm³/mol. The molecule has 0 bridgehead atoms. The molecule has 1 aliphatic heterocycles. The Labute approximate surface area is 137 Å². The number of likely N-dealkylation sites (N-methyl/N-ethyl adjacent to an activating group) is 2. The highest BCUT2D eigenvalue weighted by molar-refractivity contribution is 7.09. The van der Waals surface area contributed by atoms with Crippen LogP contribution in [-0.4, -0.2) is 86.1 Å². The normalized spacial score (nSPS) is 21.1. The average Bonchev–Trinajstić information content (AvgIpc) is 2.88. The van der Waals surface area contributed by atoms with E-state index >= 15 is 0 Å². The molecule has 0 amide bonds. The predicted octanol–water partition coefficient (Wildman–Crippen LogP) is 0.705. The number of guanidine groups is 1. The molecule has 1 aromatic heterocycles. The van der Waals surface area contributed by atoms with Crippen LogP contribution in [0.3, 0.4) is 0 Å². The van der Waals surface area contributed by atoms with Gasteiger partial charge in [-0.15, -0.1) is 11.3 Å². The van der Waals surface area contributed by atoms with E-state index in [0.29, 0.717) is 6.04 Å². The van der Waals surface area contributed by atoms with Gasteiger partial charge in [0.15, 0.2) is 5.96 Å². The molecule has 0 saturated carbocycles. The lowest BCUT2D eigenvalue weighted by atomic mass is 10.2. The molecule has 2 heterocycles. The van der Waals surface area contributed by atoms with Crippen molar-refractivity contribution in [2.75, 3.05) is 54.4 Å². The summed E-state index contributed by atoms with van der Waals surface area (Å²) < 4.78 is 0. The Morgan fingerprint density at radius 1 is 1.50 bits per heavy atom. The minimum absolute atomic E-state index is 0.519. The molecular weight excluding hydrogens is 296 g/mol. The number of aromatic nitrogens is 1. The molecule has 1 aromatic rings. The minimum Gasteiger partial charge on any atom is -0.355 e. The molecule has 124 valence electrons. The topological polar surface area (TPSA) is 47.0 Å². The lowest BCUT2D eigenvalue weighted by Crippen LogP contribution is -2.55. The van der Waals surface area contributed by atoms with Crippen molar-refractivity contribution >= 4 is 17.3 Å². The SMILES string of the molecule is CN=C(NCC1CN(C)CCN1C)N(C)Cc1csc(C)n1. The molecular formula is C15H28N6S. The van der Waals surface area contributed by atoms with Gasteiger partial charge in [0.2, 0.25) is 0 Å². The first-order valence-electron chi connectivity index (χ1n) is 7.71. The van der Waals surface area contributed by atoms with Crippen LogP contribution in [0.25, 0.3) is 0 Å². The van der Waals surface area contributed by atoms with Crippen molar-refractivity contribution in [3.63, 3.8) is 0 Å². The zero-order valence-electron chi connectivity index (χ0n) is 14.3. The molecule has 0 radical (unpaired) electrons. The van der Waals surface area contributed by atoms with Gasteiger partial charge < -0.3 is 15.1 Å². The second kappa shape index (κ2) is 7.89. The van der Waals surface area contributed by atoms with Gasteiger partial charge in [-0.25, -0.2) is 4.98 Å². The highest BCUT2D eigenvalue weighted by Gasteiger charge is 2.22. The van der Waals surface area contributed by atoms with E-state index in [0.717, 1.165) is 49.4 Å². The number of hydrogen-bond donors (Lipinski definition) is 1. The van der Waals surface area contributed by atoms with Gasteiger partial charge in [0.05, 0.1) is 17.2 Å². The summed E-state index contributed by atoms with van der Waals surface area (Å²) in [5, 5.41) is 6.72. The number of thiazole rings is 1. The molecule has 22 heavy (non-hydrogen) atoms. The van der Waals surface area contributed by atoms with Crippen molar-refractivity contribution in [2.45, 2.75) is 19.5 Å². The zero-order chi connectivity index (χ0) is 16.1. The number of rotatable bonds is 4. The lowest BCUT2D eigenvalue weighted by molar-refractivity contribution is 0.116. The molecule has 1 unspecified atom stereocenters. The van der Waals surface area contributed by atoms with E-state index in [1.54, 1.807) is 11.3 Å². The van der Waals surface area contributed by atoms with Crippen LogP contribution in [0.4, 0.5) is 0 Å². The van der Waals surface area contributed by atoms with Crippen molar-refractivity contribution in [2.24, 2.45) is 4.99 Å². The van der Waals surface area contributed by atoms with E-state index in [1.807, 2.05) is 14.0 Å². The molecule has 7 heteroatoms. The Kier molecular flexibility index (Phi) is 6.16. The molecule has 1 atom stereocenters. The van der Waals surface area contributed by atoms with E-state index in [2.05, 4.69) is 56.5 Å². The van der Waals surface area contributed by atoms with Crippen LogP contribution >= 0.6 is 11.3 Å². The number of nitrogens with one attached hydrogen (secondary N) is 1. The summed E-state index contributed by atoms with van der Waals surface area (Å²) in [6, 6.07) is 0.519. The summed E-state index contributed by atoms with van der Waals surface area (Å²) >= 11 is 1.69. The van der Waals surface area contributed by atoms with E-state index in [-0.39, 0.29) is 0 Å².